The first-order valence-electron chi connectivity index (χ1n) is 11.3. The van der Waals surface area contributed by atoms with E-state index in [9.17, 15) is 25.0 Å². The molecule has 0 bridgehead atoms. The van der Waals surface area contributed by atoms with Gasteiger partial charge in [0.1, 0.15) is 16.7 Å². The van der Waals surface area contributed by atoms with Crippen LogP contribution < -0.4 is 10.2 Å². The Hall–Kier alpha value is -4.13. The Morgan fingerprint density at radius 3 is 2.46 bits per heavy atom. The van der Waals surface area contributed by atoms with E-state index in [1.807, 2.05) is 36.4 Å². The van der Waals surface area contributed by atoms with Crippen LogP contribution >= 0.6 is 23.4 Å². The van der Waals surface area contributed by atoms with Crippen LogP contribution in [0.1, 0.15) is 11.1 Å². The van der Waals surface area contributed by atoms with Gasteiger partial charge in [0.25, 0.3) is 11.6 Å². The van der Waals surface area contributed by atoms with Crippen LogP contribution in [0.3, 0.4) is 0 Å². The Labute approximate surface area is 222 Å². The minimum atomic E-state index is -0.687. The summed E-state index contributed by atoms with van der Waals surface area (Å²) in [4.78, 5) is 38.6. The number of carbonyl (C=O) groups excluding carboxylic acids is 2. The zero-order chi connectivity index (χ0) is 26.4. The predicted octanol–water partition coefficient (Wildman–Crippen LogP) is 5.03. The summed E-state index contributed by atoms with van der Waals surface area (Å²) in [6.45, 7) is 0.317. The molecule has 1 fully saturated rings. The molecule has 0 saturated carbocycles. The fraction of sp³-hybridized carbons (Fsp3) is 0.148. The number of nitro benzene ring substituents is 1. The van der Waals surface area contributed by atoms with E-state index in [0.29, 0.717) is 29.2 Å². The van der Waals surface area contributed by atoms with Crippen molar-refractivity contribution in [2.75, 3.05) is 11.4 Å². The monoisotopic (exact) mass is 532 g/mol. The normalized spacial score (nSPS) is 16.3. The van der Waals surface area contributed by atoms with Gasteiger partial charge in [-0.2, -0.15) is 5.26 Å². The minimum absolute atomic E-state index is 0.0752. The largest absolute Gasteiger partial charge is 0.351 e. The number of carbonyl (C=O) groups is 2. The molecule has 0 aromatic heterocycles. The maximum Gasteiger partial charge on any atom is 0.269 e. The molecule has 3 aromatic carbocycles. The van der Waals surface area contributed by atoms with E-state index in [1.54, 1.807) is 36.4 Å². The number of anilines is 1. The number of nitro groups is 1. The van der Waals surface area contributed by atoms with Gasteiger partial charge >= 0.3 is 0 Å². The van der Waals surface area contributed by atoms with Gasteiger partial charge in [0.2, 0.25) is 5.91 Å². The number of halogens is 1. The van der Waals surface area contributed by atoms with Gasteiger partial charge in [-0.1, -0.05) is 65.8 Å². The molecule has 3 aromatic rings. The zero-order valence-corrected chi connectivity index (χ0v) is 21.0. The highest BCUT2D eigenvalue weighted by molar-refractivity contribution is 8.05. The van der Waals surface area contributed by atoms with E-state index < -0.39 is 16.1 Å². The Kier molecular flexibility index (Phi) is 8.23. The SMILES string of the molecule is N#C/C(C(=O)NCCc1ccccc1)=C1/S[C@@H](Cc2cccc([N+](=O)[O-])c2)C(=O)N1c1ccc(Cl)cc1. The number of nitriles is 1. The van der Waals surface area contributed by atoms with Crippen LogP contribution in [0.5, 0.6) is 0 Å². The summed E-state index contributed by atoms with van der Waals surface area (Å²) in [7, 11) is 0. The van der Waals surface area contributed by atoms with Gasteiger partial charge in [-0.05, 0) is 48.2 Å². The molecule has 186 valence electrons. The third kappa shape index (κ3) is 6.17. The van der Waals surface area contributed by atoms with Crippen molar-refractivity contribution in [3.8, 4) is 6.07 Å². The van der Waals surface area contributed by atoms with E-state index >= 15 is 0 Å². The average Bonchev–Trinajstić information content (AvgIpc) is 3.21. The molecule has 1 aliphatic heterocycles. The molecule has 1 heterocycles. The molecule has 1 aliphatic rings. The first-order chi connectivity index (χ1) is 17.9. The number of thioether (sulfide) groups is 1. The molecule has 2 amide bonds. The zero-order valence-electron chi connectivity index (χ0n) is 19.5. The van der Waals surface area contributed by atoms with Crippen LogP contribution in [-0.4, -0.2) is 28.5 Å². The van der Waals surface area contributed by atoms with Crippen molar-refractivity contribution in [2.24, 2.45) is 0 Å². The van der Waals surface area contributed by atoms with Gasteiger partial charge in [-0.3, -0.25) is 24.6 Å². The van der Waals surface area contributed by atoms with Crippen molar-refractivity contribution in [1.29, 1.82) is 5.26 Å². The van der Waals surface area contributed by atoms with Crippen LogP contribution in [0.25, 0.3) is 0 Å². The lowest BCUT2D eigenvalue weighted by atomic mass is 10.1. The van der Waals surface area contributed by atoms with E-state index in [2.05, 4.69) is 5.32 Å². The molecule has 10 heteroatoms. The number of non-ortho nitro benzene ring substituents is 1. The Morgan fingerprint density at radius 2 is 1.78 bits per heavy atom. The summed E-state index contributed by atoms with van der Waals surface area (Å²) in [5.74, 6) is -0.914. The summed E-state index contributed by atoms with van der Waals surface area (Å²) in [6, 6.07) is 24.2. The minimum Gasteiger partial charge on any atom is -0.351 e. The maximum atomic E-state index is 13.5. The first-order valence-corrected chi connectivity index (χ1v) is 12.6. The van der Waals surface area contributed by atoms with Crippen molar-refractivity contribution in [1.82, 2.24) is 5.32 Å². The molecule has 37 heavy (non-hydrogen) atoms. The predicted molar refractivity (Wildman–Crippen MR) is 143 cm³/mol. The van der Waals surface area contributed by atoms with E-state index in [4.69, 9.17) is 11.6 Å². The smallest absolute Gasteiger partial charge is 0.269 e. The summed E-state index contributed by atoms with van der Waals surface area (Å²) >= 11 is 7.12. The van der Waals surface area contributed by atoms with E-state index in [0.717, 1.165) is 17.3 Å². The number of nitrogens with one attached hydrogen (secondary N) is 1. The van der Waals surface area contributed by atoms with Crippen molar-refractivity contribution in [2.45, 2.75) is 18.1 Å². The third-order valence-electron chi connectivity index (χ3n) is 5.67. The lowest BCUT2D eigenvalue weighted by molar-refractivity contribution is -0.384. The summed E-state index contributed by atoms with van der Waals surface area (Å²) in [5.41, 5.74) is 1.85. The first kappa shape index (κ1) is 25.9. The Balaban J connectivity index is 1.62. The van der Waals surface area contributed by atoms with Gasteiger partial charge in [0, 0.05) is 29.4 Å². The second-order valence-electron chi connectivity index (χ2n) is 8.17. The van der Waals surface area contributed by atoms with Crippen LogP contribution in [0.15, 0.2) is 89.5 Å². The molecule has 1 N–H and O–H groups in total. The third-order valence-corrected chi connectivity index (χ3v) is 7.19. The number of amides is 2. The summed E-state index contributed by atoms with van der Waals surface area (Å²) in [5, 5.41) is 23.9. The Bertz CT molecular complexity index is 1400. The lowest BCUT2D eigenvalue weighted by Gasteiger charge is -2.19. The number of nitrogens with zero attached hydrogens (tertiary/aromatic N) is 3. The highest BCUT2D eigenvalue weighted by Gasteiger charge is 2.40. The molecule has 0 radical (unpaired) electrons. The van der Waals surface area contributed by atoms with E-state index in [1.165, 1.54) is 17.0 Å². The standard InChI is InChI=1S/C27H21ClN4O4S/c28-20-9-11-21(12-10-20)31-26(34)24(16-19-7-4-8-22(15-19)32(35)36)37-27(31)23(17-29)25(33)30-14-13-18-5-2-1-3-6-18/h1-12,15,24H,13-14,16H2,(H,30,33)/b27-23-/t24-/m0/s1. The highest BCUT2D eigenvalue weighted by atomic mass is 35.5. The molecule has 0 aliphatic carbocycles. The van der Waals surface area contributed by atoms with Crippen molar-refractivity contribution < 1.29 is 14.5 Å². The molecule has 1 saturated heterocycles. The fourth-order valence-corrected chi connectivity index (χ4v) is 5.31. The lowest BCUT2D eigenvalue weighted by Crippen LogP contribution is -2.32. The molecular formula is C27H21ClN4O4S. The average molecular weight is 533 g/mol. The van der Waals surface area contributed by atoms with Gasteiger partial charge in [-0.15, -0.1) is 0 Å². The molecule has 1 atom stereocenters. The number of benzene rings is 3. The Morgan fingerprint density at radius 1 is 1.08 bits per heavy atom. The molecule has 0 spiro atoms. The summed E-state index contributed by atoms with van der Waals surface area (Å²) in [6.07, 6.45) is 0.774. The second-order valence-corrected chi connectivity index (χ2v) is 9.80. The number of rotatable bonds is 8. The van der Waals surface area contributed by atoms with Crippen molar-refractivity contribution in [3.05, 3.63) is 116 Å². The topological polar surface area (TPSA) is 116 Å². The number of hydrogen-bond acceptors (Lipinski definition) is 6. The molecule has 4 rings (SSSR count). The van der Waals surface area contributed by atoms with Crippen LogP contribution in [0, 0.1) is 21.4 Å². The quantitative estimate of drug-likeness (QED) is 0.188. The molecular weight excluding hydrogens is 512 g/mol. The van der Waals surface area contributed by atoms with Gasteiger partial charge < -0.3 is 5.32 Å². The van der Waals surface area contributed by atoms with Gasteiger partial charge in [0.05, 0.1) is 10.2 Å². The molecule has 0 unspecified atom stereocenters. The highest BCUT2D eigenvalue weighted by Crippen LogP contribution is 2.42. The van der Waals surface area contributed by atoms with E-state index in [-0.39, 0.29) is 28.6 Å². The fourth-order valence-electron chi connectivity index (χ4n) is 3.88. The van der Waals surface area contributed by atoms with Gasteiger partial charge in [0.15, 0.2) is 0 Å². The maximum absolute atomic E-state index is 13.5. The second kappa shape index (κ2) is 11.7. The van der Waals surface area contributed by atoms with Crippen LogP contribution in [0.4, 0.5) is 11.4 Å². The van der Waals surface area contributed by atoms with Gasteiger partial charge in [-0.25, -0.2) is 0 Å². The van der Waals surface area contributed by atoms with Crippen LogP contribution in [-0.2, 0) is 22.4 Å². The number of hydrogen-bond donors (Lipinski definition) is 1. The van der Waals surface area contributed by atoms with Crippen molar-refractivity contribution in [3.63, 3.8) is 0 Å². The molecule has 8 nitrogen and oxygen atoms in total. The van der Waals surface area contributed by atoms with Crippen molar-refractivity contribution >= 4 is 46.6 Å². The summed E-state index contributed by atoms with van der Waals surface area (Å²) < 4.78 is 0. The van der Waals surface area contributed by atoms with Crippen LogP contribution in [0.2, 0.25) is 5.02 Å².